The SMILES string of the molecule is CCC(CC)CNC(=O)N(CC(=O)O)CC(F)(F)F. The third kappa shape index (κ3) is 8.28. The minimum Gasteiger partial charge on any atom is -0.480 e. The molecule has 8 heteroatoms. The number of halogens is 3. The van der Waals surface area contributed by atoms with Crippen molar-refractivity contribution >= 4 is 12.0 Å². The van der Waals surface area contributed by atoms with Gasteiger partial charge in [0.2, 0.25) is 0 Å². The van der Waals surface area contributed by atoms with E-state index in [9.17, 15) is 22.8 Å². The largest absolute Gasteiger partial charge is 0.480 e. The highest BCUT2D eigenvalue weighted by atomic mass is 19.4. The van der Waals surface area contributed by atoms with E-state index in [0.29, 0.717) is 0 Å². The fourth-order valence-electron chi connectivity index (χ4n) is 1.50. The van der Waals surface area contributed by atoms with E-state index in [1.807, 2.05) is 13.8 Å². The van der Waals surface area contributed by atoms with Crippen LogP contribution >= 0.6 is 0 Å². The molecular weight excluding hydrogens is 265 g/mol. The number of rotatable bonds is 7. The van der Waals surface area contributed by atoms with E-state index in [-0.39, 0.29) is 17.4 Å². The first-order valence-corrected chi connectivity index (χ1v) is 6.00. The molecular formula is C11H19F3N2O3. The van der Waals surface area contributed by atoms with Gasteiger partial charge in [-0.15, -0.1) is 0 Å². The Kier molecular flexibility index (Phi) is 7.25. The lowest BCUT2D eigenvalue weighted by Crippen LogP contribution is -2.48. The van der Waals surface area contributed by atoms with E-state index in [1.165, 1.54) is 0 Å². The number of nitrogens with zero attached hydrogens (tertiary/aromatic N) is 1. The second-order valence-electron chi connectivity index (χ2n) is 4.23. The summed E-state index contributed by atoms with van der Waals surface area (Å²) in [7, 11) is 0. The summed E-state index contributed by atoms with van der Waals surface area (Å²) in [6.45, 7) is 1.50. The van der Waals surface area contributed by atoms with Crippen molar-refractivity contribution < 1.29 is 27.9 Å². The average Bonchev–Trinajstić information content (AvgIpc) is 2.26. The molecule has 0 radical (unpaired) electrons. The topological polar surface area (TPSA) is 69.6 Å². The predicted molar refractivity (Wildman–Crippen MR) is 62.7 cm³/mol. The molecule has 0 heterocycles. The van der Waals surface area contributed by atoms with Crippen molar-refractivity contribution in [3.63, 3.8) is 0 Å². The van der Waals surface area contributed by atoms with Gasteiger partial charge in [-0.1, -0.05) is 26.7 Å². The van der Waals surface area contributed by atoms with Crippen molar-refractivity contribution in [2.75, 3.05) is 19.6 Å². The van der Waals surface area contributed by atoms with Gasteiger partial charge in [-0.2, -0.15) is 13.2 Å². The summed E-state index contributed by atoms with van der Waals surface area (Å²) in [6.07, 6.45) is -3.05. The van der Waals surface area contributed by atoms with E-state index < -0.39 is 31.3 Å². The van der Waals surface area contributed by atoms with Crippen molar-refractivity contribution in [2.45, 2.75) is 32.9 Å². The Morgan fingerprint density at radius 3 is 2.16 bits per heavy atom. The zero-order chi connectivity index (χ0) is 15.1. The van der Waals surface area contributed by atoms with Gasteiger partial charge in [-0.3, -0.25) is 4.79 Å². The summed E-state index contributed by atoms with van der Waals surface area (Å²) in [5, 5.41) is 10.8. The monoisotopic (exact) mass is 284 g/mol. The summed E-state index contributed by atoms with van der Waals surface area (Å²) >= 11 is 0. The van der Waals surface area contributed by atoms with Crippen LogP contribution in [0, 0.1) is 5.92 Å². The summed E-state index contributed by atoms with van der Waals surface area (Å²) in [5.74, 6) is -1.32. The van der Waals surface area contributed by atoms with Gasteiger partial charge < -0.3 is 15.3 Å². The van der Waals surface area contributed by atoms with E-state index in [2.05, 4.69) is 5.32 Å². The zero-order valence-corrected chi connectivity index (χ0v) is 11.0. The van der Waals surface area contributed by atoms with E-state index in [4.69, 9.17) is 5.11 Å². The second kappa shape index (κ2) is 7.85. The maximum atomic E-state index is 12.2. The molecule has 0 saturated carbocycles. The van der Waals surface area contributed by atoms with Crippen molar-refractivity contribution in [2.24, 2.45) is 5.92 Å². The van der Waals surface area contributed by atoms with Crippen LogP contribution in [0.25, 0.3) is 0 Å². The molecule has 19 heavy (non-hydrogen) atoms. The molecule has 0 aromatic heterocycles. The van der Waals surface area contributed by atoms with Crippen molar-refractivity contribution in [3.05, 3.63) is 0 Å². The van der Waals surface area contributed by atoms with Crippen molar-refractivity contribution in [1.29, 1.82) is 0 Å². The number of carbonyl (C=O) groups is 2. The molecule has 0 saturated heterocycles. The Labute approximate surface area is 109 Å². The molecule has 5 nitrogen and oxygen atoms in total. The van der Waals surface area contributed by atoms with Crippen LogP contribution in [0.1, 0.15) is 26.7 Å². The van der Waals surface area contributed by atoms with Gasteiger partial charge in [0, 0.05) is 6.54 Å². The molecule has 2 N–H and O–H groups in total. The summed E-state index contributed by atoms with van der Waals surface area (Å²) < 4.78 is 36.7. The third-order valence-corrected chi connectivity index (χ3v) is 2.68. The molecule has 0 atom stereocenters. The molecule has 0 aromatic rings. The number of carboxylic acids is 1. The van der Waals surface area contributed by atoms with Gasteiger partial charge in [0.15, 0.2) is 0 Å². The molecule has 0 aliphatic heterocycles. The number of alkyl halides is 3. The Hall–Kier alpha value is -1.47. The number of urea groups is 1. The fourth-order valence-corrected chi connectivity index (χ4v) is 1.50. The van der Waals surface area contributed by atoms with Gasteiger partial charge in [-0.05, 0) is 5.92 Å². The third-order valence-electron chi connectivity index (χ3n) is 2.68. The number of hydrogen-bond acceptors (Lipinski definition) is 2. The first-order valence-electron chi connectivity index (χ1n) is 6.00. The number of hydrogen-bond donors (Lipinski definition) is 2. The van der Waals surface area contributed by atoms with Crippen molar-refractivity contribution in [3.8, 4) is 0 Å². The zero-order valence-electron chi connectivity index (χ0n) is 11.0. The molecule has 2 amide bonds. The number of aliphatic carboxylic acids is 1. The van der Waals surface area contributed by atoms with Crippen molar-refractivity contribution in [1.82, 2.24) is 10.2 Å². The first-order chi connectivity index (χ1) is 8.69. The smallest absolute Gasteiger partial charge is 0.406 e. The summed E-state index contributed by atoms with van der Waals surface area (Å²) in [4.78, 5) is 22.2. The minimum absolute atomic E-state index is 0.168. The molecule has 0 bridgehead atoms. The lowest BCUT2D eigenvalue weighted by Gasteiger charge is -2.23. The van der Waals surface area contributed by atoms with Crippen LogP contribution in [0.2, 0.25) is 0 Å². The Morgan fingerprint density at radius 1 is 1.26 bits per heavy atom. The molecule has 0 unspecified atom stereocenters. The van der Waals surface area contributed by atoms with Gasteiger partial charge >= 0.3 is 18.2 Å². The van der Waals surface area contributed by atoms with Crippen LogP contribution in [0.15, 0.2) is 0 Å². The predicted octanol–water partition coefficient (Wildman–Crippen LogP) is 2.08. The van der Waals surface area contributed by atoms with Crippen LogP contribution in [0.5, 0.6) is 0 Å². The van der Waals surface area contributed by atoms with Crippen LogP contribution in [0.4, 0.5) is 18.0 Å². The molecule has 0 spiro atoms. The minimum atomic E-state index is -4.62. The van der Waals surface area contributed by atoms with Crippen LogP contribution < -0.4 is 5.32 Å². The van der Waals surface area contributed by atoms with Gasteiger partial charge in [0.25, 0.3) is 0 Å². The van der Waals surface area contributed by atoms with Crippen LogP contribution in [-0.2, 0) is 4.79 Å². The molecule has 112 valence electrons. The highest BCUT2D eigenvalue weighted by molar-refractivity contribution is 5.80. The normalized spacial score (nSPS) is 11.5. The Balaban J connectivity index is 4.50. The molecule has 0 aromatic carbocycles. The standard InChI is InChI=1S/C11H19F3N2O3/c1-3-8(4-2)5-15-10(19)16(6-9(17)18)7-11(12,13)14/h8H,3-7H2,1-2H3,(H,15,19)(H,17,18). The highest BCUT2D eigenvalue weighted by Crippen LogP contribution is 2.16. The molecule has 0 rings (SSSR count). The van der Waals surface area contributed by atoms with Crippen LogP contribution in [0.3, 0.4) is 0 Å². The maximum Gasteiger partial charge on any atom is 0.406 e. The second-order valence-corrected chi connectivity index (χ2v) is 4.23. The number of carbonyl (C=O) groups excluding carboxylic acids is 1. The maximum absolute atomic E-state index is 12.2. The number of carboxylic acid groups (broad SMARTS) is 1. The first kappa shape index (κ1) is 17.5. The van der Waals surface area contributed by atoms with E-state index >= 15 is 0 Å². The lowest BCUT2D eigenvalue weighted by atomic mass is 10.0. The molecule has 0 fully saturated rings. The summed E-state index contributed by atoms with van der Waals surface area (Å²) in [5.41, 5.74) is 0. The lowest BCUT2D eigenvalue weighted by molar-refractivity contribution is -0.148. The van der Waals surface area contributed by atoms with Gasteiger partial charge in [0.1, 0.15) is 13.1 Å². The van der Waals surface area contributed by atoms with Crippen LogP contribution in [-0.4, -0.2) is 47.8 Å². The van der Waals surface area contributed by atoms with Gasteiger partial charge in [-0.25, -0.2) is 4.79 Å². The molecule has 0 aliphatic rings. The molecule has 0 aliphatic carbocycles. The van der Waals surface area contributed by atoms with Gasteiger partial charge in [0.05, 0.1) is 0 Å². The summed E-state index contributed by atoms with van der Waals surface area (Å²) in [6, 6.07) is -1.01. The number of nitrogens with one attached hydrogen (secondary N) is 1. The Morgan fingerprint density at radius 2 is 1.79 bits per heavy atom. The quantitative estimate of drug-likeness (QED) is 0.752. The number of amides is 2. The fraction of sp³-hybridized carbons (Fsp3) is 0.818. The van der Waals surface area contributed by atoms with E-state index in [1.54, 1.807) is 0 Å². The average molecular weight is 284 g/mol. The van der Waals surface area contributed by atoms with E-state index in [0.717, 1.165) is 12.8 Å². The highest BCUT2D eigenvalue weighted by Gasteiger charge is 2.34. The Bertz CT molecular complexity index is 304.